The van der Waals surface area contributed by atoms with Crippen LogP contribution in [0.3, 0.4) is 0 Å². The number of aromatic amines is 2. The number of anilines is 1. The lowest BCUT2D eigenvalue weighted by Gasteiger charge is -2.01. The molecule has 17 heavy (non-hydrogen) atoms. The molecule has 4 N–H and O–H groups in total. The summed E-state index contributed by atoms with van der Waals surface area (Å²) >= 11 is 0. The van der Waals surface area contributed by atoms with E-state index < -0.39 is 0 Å². The number of para-hydroxylation sites is 1. The number of nitrogen functional groups attached to an aromatic ring is 1. The van der Waals surface area contributed by atoms with Crippen LogP contribution in [0.25, 0.3) is 22.0 Å². The number of nitrogens with zero attached hydrogens (tertiary/aromatic N) is 1. The van der Waals surface area contributed by atoms with Gasteiger partial charge in [0, 0.05) is 33.4 Å². The highest BCUT2D eigenvalue weighted by Gasteiger charge is 2.16. The monoisotopic (exact) mass is 226 g/mol. The van der Waals surface area contributed by atoms with Gasteiger partial charge in [0.1, 0.15) is 0 Å². The summed E-state index contributed by atoms with van der Waals surface area (Å²) < 4.78 is 0. The van der Waals surface area contributed by atoms with Crippen LogP contribution in [0.5, 0.6) is 0 Å². The van der Waals surface area contributed by atoms with Gasteiger partial charge in [-0.3, -0.25) is 5.10 Å². The van der Waals surface area contributed by atoms with Crippen LogP contribution in [0.4, 0.5) is 5.82 Å². The second-order valence-corrected chi connectivity index (χ2v) is 4.28. The first kappa shape index (κ1) is 9.96. The number of hydrogen-bond acceptors (Lipinski definition) is 2. The molecule has 2 heterocycles. The third kappa shape index (κ3) is 1.34. The molecule has 2 aromatic heterocycles. The van der Waals surface area contributed by atoms with E-state index in [-0.39, 0.29) is 0 Å². The summed E-state index contributed by atoms with van der Waals surface area (Å²) in [7, 11) is 0. The first-order chi connectivity index (χ1) is 8.18. The molecule has 3 aromatic rings. The number of nitrogens with one attached hydrogen (secondary N) is 2. The summed E-state index contributed by atoms with van der Waals surface area (Å²) in [5, 5.41) is 8.17. The topological polar surface area (TPSA) is 70.5 Å². The van der Waals surface area contributed by atoms with Crippen molar-refractivity contribution >= 4 is 16.7 Å². The average molecular weight is 226 g/mol. The van der Waals surface area contributed by atoms with Gasteiger partial charge in [0.15, 0.2) is 5.82 Å². The van der Waals surface area contributed by atoms with E-state index in [0.29, 0.717) is 5.82 Å². The number of hydrogen-bond donors (Lipinski definition) is 3. The maximum Gasteiger partial charge on any atom is 0.153 e. The van der Waals surface area contributed by atoms with Crippen LogP contribution in [0.15, 0.2) is 24.3 Å². The molecule has 0 radical (unpaired) electrons. The van der Waals surface area contributed by atoms with E-state index in [1.54, 1.807) is 0 Å². The van der Waals surface area contributed by atoms with E-state index in [0.717, 1.165) is 28.0 Å². The summed E-state index contributed by atoms with van der Waals surface area (Å²) in [6.07, 6.45) is 0. The summed E-state index contributed by atoms with van der Waals surface area (Å²) in [5.74, 6) is 0.551. The van der Waals surface area contributed by atoms with Crippen LogP contribution in [0.1, 0.15) is 11.4 Å². The Morgan fingerprint density at radius 3 is 2.53 bits per heavy atom. The Balaban J connectivity index is 2.41. The van der Waals surface area contributed by atoms with Crippen molar-refractivity contribution in [3.05, 3.63) is 35.7 Å². The van der Waals surface area contributed by atoms with Gasteiger partial charge in [-0.25, -0.2) is 0 Å². The van der Waals surface area contributed by atoms with Gasteiger partial charge in [0.25, 0.3) is 0 Å². The van der Waals surface area contributed by atoms with Crippen molar-refractivity contribution < 1.29 is 0 Å². The van der Waals surface area contributed by atoms with Crippen LogP contribution in [0.2, 0.25) is 0 Å². The predicted molar refractivity (Wildman–Crippen MR) is 69.8 cm³/mol. The molecule has 0 amide bonds. The fourth-order valence-electron chi connectivity index (χ4n) is 2.36. The lowest BCUT2D eigenvalue weighted by molar-refractivity contribution is 1.05. The minimum absolute atomic E-state index is 0.551. The number of benzene rings is 1. The number of aromatic nitrogens is 3. The van der Waals surface area contributed by atoms with Gasteiger partial charge in [0.05, 0.1) is 0 Å². The van der Waals surface area contributed by atoms with Gasteiger partial charge in [-0.15, -0.1) is 0 Å². The third-order valence-corrected chi connectivity index (χ3v) is 3.12. The van der Waals surface area contributed by atoms with Crippen molar-refractivity contribution in [2.45, 2.75) is 13.8 Å². The molecule has 3 rings (SSSR count). The minimum atomic E-state index is 0.551. The van der Waals surface area contributed by atoms with E-state index in [1.807, 2.05) is 19.1 Å². The second kappa shape index (κ2) is 3.38. The molecular weight excluding hydrogens is 212 g/mol. The molecule has 0 spiro atoms. The Hall–Kier alpha value is -2.23. The van der Waals surface area contributed by atoms with E-state index in [2.05, 4.69) is 34.2 Å². The summed E-state index contributed by atoms with van der Waals surface area (Å²) in [6, 6.07) is 8.22. The fourth-order valence-corrected chi connectivity index (χ4v) is 2.36. The molecule has 0 aliphatic rings. The molecule has 0 aliphatic heterocycles. The van der Waals surface area contributed by atoms with Gasteiger partial charge >= 0.3 is 0 Å². The SMILES string of the molecule is Cc1[nH]nc(N)c1-c1c(C)[nH]c2ccccc12. The standard InChI is InChI=1S/C13H14N4/c1-7-11(12-8(2)16-17-13(12)14)9-5-3-4-6-10(9)15-7/h3-6,15H,1-2H3,(H3,14,16,17). The van der Waals surface area contributed by atoms with E-state index >= 15 is 0 Å². The molecule has 0 atom stereocenters. The molecule has 0 saturated carbocycles. The molecule has 0 unspecified atom stereocenters. The Kier molecular flexibility index (Phi) is 1.98. The van der Waals surface area contributed by atoms with Crippen LogP contribution in [-0.2, 0) is 0 Å². The lowest BCUT2D eigenvalue weighted by atomic mass is 10.0. The second-order valence-electron chi connectivity index (χ2n) is 4.28. The average Bonchev–Trinajstić information content (AvgIpc) is 2.79. The molecule has 0 aliphatic carbocycles. The maximum absolute atomic E-state index is 5.94. The third-order valence-electron chi connectivity index (χ3n) is 3.12. The van der Waals surface area contributed by atoms with Crippen molar-refractivity contribution in [2.75, 3.05) is 5.73 Å². The molecule has 1 aromatic carbocycles. The normalized spacial score (nSPS) is 11.2. The van der Waals surface area contributed by atoms with E-state index in [9.17, 15) is 0 Å². The van der Waals surface area contributed by atoms with Crippen molar-refractivity contribution in [1.29, 1.82) is 0 Å². The quantitative estimate of drug-likeness (QED) is 0.597. The van der Waals surface area contributed by atoms with Crippen molar-refractivity contribution in [2.24, 2.45) is 0 Å². The summed E-state index contributed by atoms with van der Waals surface area (Å²) in [6.45, 7) is 4.04. The van der Waals surface area contributed by atoms with E-state index in [1.165, 1.54) is 5.39 Å². The predicted octanol–water partition coefficient (Wildman–Crippen LogP) is 2.76. The van der Waals surface area contributed by atoms with Crippen LogP contribution in [0, 0.1) is 13.8 Å². The van der Waals surface area contributed by atoms with Crippen LogP contribution in [-0.4, -0.2) is 15.2 Å². The molecule has 86 valence electrons. The molecule has 0 fully saturated rings. The van der Waals surface area contributed by atoms with Gasteiger partial charge in [-0.1, -0.05) is 18.2 Å². The minimum Gasteiger partial charge on any atom is -0.382 e. The zero-order valence-electron chi connectivity index (χ0n) is 9.83. The fraction of sp³-hybridized carbons (Fsp3) is 0.154. The van der Waals surface area contributed by atoms with Crippen molar-refractivity contribution in [1.82, 2.24) is 15.2 Å². The van der Waals surface area contributed by atoms with Crippen molar-refractivity contribution in [3.8, 4) is 11.1 Å². The highest BCUT2D eigenvalue weighted by molar-refractivity contribution is 6.00. The van der Waals surface area contributed by atoms with E-state index in [4.69, 9.17) is 5.73 Å². The number of fused-ring (bicyclic) bond motifs is 1. The number of nitrogens with two attached hydrogens (primary N) is 1. The molecule has 0 saturated heterocycles. The lowest BCUT2D eigenvalue weighted by Crippen LogP contribution is -1.89. The van der Waals surface area contributed by atoms with Crippen LogP contribution < -0.4 is 5.73 Å². The van der Waals surface area contributed by atoms with Crippen molar-refractivity contribution in [3.63, 3.8) is 0 Å². The number of H-pyrrole nitrogens is 2. The molecule has 0 bridgehead atoms. The summed E-state index contributed by atoms with van der Waals surface area (Å²) in [5.41, 5.74) is 11.3. The van der Waals surface area contributed by atoms with Crippen LogP contribution >= 0.6 is 0 Å². The zero-order chi connectivity index (χ0) is 12.0. The number of rotatable bonds is 1. The largest absolute Gasteiger partial charge is 0.382 e. The highest BCUT2D eigenvalue weighted by atomic mass is 15.2. The Morgan fingerprint density at radius 1 is 1.06 bits per heavy atom. The first-order valence-corrected chi connectivity index (χ1v) is 5.56. The number of aryl methyl sites for hydroxylation is 2. The smallest absolute Gasteiger partial charge is 0.153 e. The highest BCUT2D eigenvalue weighted by Crippen LogP contribution is 2.36. The van der Waals surface area contributed by atoms with Gasteiger partial charge in [0.2, 0.25) is 0 Å². The van der Waals surface area contributed by atoms with Gasteiger partial charge < -0.3 is 10.7 Å². The summed E-state index contributed by atoms with van der Waals surface area (Å²) in [4.78, 5) is 3.37. The first-order valence-electron chi connectivity index (χ1n) is 5.56. The molecule has 4 nitrogen and oxygen atoms in total. The molecule has 4 heteroatoms. The Bertz CT molecular complexity index is 671. The maximum atomic E-state index is 5.94. The van der Waals surface area contributed by atoms with Gasteiger partial charge in [-0.2, -0.15) is 5.10 Å². The Labute approximate surface area is 98.8 Å². The molecular formula is C13H14N4. The zero-order valence-corrected chi connectivity index (χ0v) is 9.83. The Morgan fingerprint density at radius 2 is 1.82 bits per heavy atom. The van der Waals surface area contributed by atoms with Gasteiger partial charge in [-0.05, 0) is 19.9 Å².